The van der Waals surface area contributed by atoms with Crippen LogP contribution in [-0.4, -0.2) is 42.0 Å². The van der Waals surface area contributed by atoms with Gasteiger partial charge in [-0.2, -0.15) is 0 Å². The summed E-state index contributed by atoms with van der Waals surface area (Å²) in [6.07, 6.45) is 8.03. The Hall–Kier alpha value is -2.41. The van der Waals surface area contributed by atoms with Crippen molar-refractivity contribution in [3.63, 3.8) is 0 Å². The molecule has 3 N–H and O–H groups in total. The molecule has 0 aromatic heterocycles. The van der Waals surface area contributed by atoms with Crippen LogP contribution in [0.1, 0.15) is 46.5 Å². The molecule has 1 rings (SSSR count). The molecule has 2 amide bonds. The highest BCUT2D eigenvalue weighted by atomic mass is 32.1. The van der Waals surface area contributed by atoms with E-state index in [0.29, 0.717) is 28.2 Å². The van der Waals surface area contributed by atoms with Crippen molar-refractivity contribution in [2.45, 2.75) is 52.5 Å². The highest BCUT2D eigenvalue weighted by molar-refractivity contribution is 7.81. The largest absolute Gasteiger partial charge is 0.444 e. The number of hydrogen-bond donors (Lipinski definition) is 2. The first kappa shape index (κ1) is 23.6. The van der Waals surface area contributed by atoms with Crippen molar-refractivity contribution in [3.05, 3.63) is 46.8 Å². The van der Waals surface area contributed by atoms with Crippen molar-refractivity contribution in [2.75, 3.05) is 13.7 Å². The molecule has 7 heteroatoms. The third-order valence-electron chi connectivity index (χ3n) is 4.78. The lowest BCUT2D eigenvalue weighted by Gasteiger charge is -2.24. The fraction of sp³-hybridized carbons (Fsp3) is 0.476. The highest BCUT2D eigenvalue weighted by Gasteiger charge is 2.25. The second-order valence-corrected chi connectivity index (χ2v) is 7.48. The summed E-state index contributed by atoms with van der Waals surface area (Å²) in [5.74, 6) is 0. The van der Waals surface area contributed by atoms with E-state index < -0.39 is 0 Å². The fourth-order valence-corrected chi connectivity index (χ4v) is 3.22. The van der Waals surface area contributed by atoms with Crippen LogP contribution in [0.3, 0.4) is 0 Å². The zero-order chi connectivity index (χ0) is 21.3. The summed E-state index contributed by atoms with van der Waals surface area (Å²) < 4.78 is 5.46. The van der Waals surface area contributed by atoms with Crippen LogP contribution in [0.5, 0.6) is 0 Å². The summed E-state index contributed by atoms with van der Waals surface area (Å²) in [6, 6.07) is 0.239. The van der Waals surface area contributed by atoms with E-state index in [9.17, 15) is 9.59 Å². The van der Waals surface area contributed by atoms with Crippen LogP contribution in [-0.2, 0) is 9.53 Å². The summed E-state index contributed by atoms with van der Waals surface area (Å²) >= 11 is 5.53. The van der Waals surface area contributed by atoms with Gasteiger partial charge in [0.15, 0.2) is 0 Å². The molecular weight excluding hydrogens is 374 g/mol. The van der Waals surface area contributed by atoms with Crippen LogP contribution in [0.25, 0.3) is 0 Å². The number of carbonyl (C=O) groups is 2. The highest BCUT2D eigenvalue weighted by Crippen LogP contribution is 2.23. The van der Waals surface area contributed by atoms with Crippen molar-refractivity contribution >= 4 is 29.6 Å². The Balaban J connectivity index is 2.83. The molecule has 6 nitrogen and oxygen atoms in total. The molecule has 0 aliphatic heterocycles. The third kappa shape index (κ3) is 6.96. The minimum atomic E-state index is -0.366. The third-order valence-corrected chi connectivity index (χ3v) is 5.35. The number of amides is 2. The standard InChI is InChI=1S/C21H31N3O3S/c1-14(2)19(23-13-25)11-10-15(3)20(28)18(16(4)22)12-27-21(26)24(5)17-8-6-7-9-17/h10-11,13,17H,1,6-9,12,22H2,2-5H3,(H,23,25)/b15-10+,18-16?,19-11+. The van der Waals surface area contributed by atoms with E-state index in [0.717, 1.165) is 36.8 Å². The monoisotopic (exact) mass is 405 g/mol. The second kappa shape index (κ2) is 11.4. The maximum absolute atomic E-state index is 12.3. The minimum absolute atomic E-state index is 0.0197. The van der Waals surface area contributed by atoms with Crippen LogP contribution in [0.15, 0.2) is 46.8 Å². The SMILES string of the molecule is C=C(C)/C(=C\C=C(/C)C(=S)C(COC(=O)N(C)C1CCCC1)=C(C)N)NC=O. The molecule has 0 heterocycles. The lowest BCUT2D eigenvalue weighted by molar-refractivity contribution is -0.108. The number of rotatable bonds is 9. The van der Waals surface area contributed by atoms with E-state index in [4.69, 9.17) is 22.7 Å². The van der Waals surface area contributed by atoms with E-state index >= 15 is 0 Å². The van der Waals surface area contributed by atoms with Gasteiger partial charge in [-0.3, -0.25) is 4.79 Å². The maximum atomic E-state index is 12.3. The summed E-state index contributed by atoms with van der Waals surface area (Å²) in [7, 11) is 1.77. The molecule has 0 radical (unpaired) electrons. The molecule has 0 atom stereocenters. The number of carbonyl (C=O) groups excluding carboxylic acids is 2. The normalized spacial score (nSPS) is 16.3. The Morgan fingerprint density at radius 1 is 1.29 bits per heavy atom. The number of hydrogen-bond acceptors (Lipinski definition) is 5. The first-order valence-corrected chi connectivity index (χ1v) is 9.74. The molecule has 0 aromatic rings. The smallest absolute Gasteiger partial charge is 0.410 e. The van der Waals surface area contributed by atoms with Gasteiger partial charge in [-0.25, -0.2) is 4.79 Å². The fourth-order valence-electron chi connectivity index (χ4n) is 2.93. The minimum Gasteiger partial charge on any atom is -0.444 e. The molecule has 0 spiro atoms. The molecule has 0 aromatic carbocycles. The van der Waals surface area contributed by atoms with Gasteiger partial charge in [0.2, 0.25) is 6.41 Å². The predicted octanol–water partition coefficient (Wildman–Crippen LogP) is 3.75. The molecule has 154 valence electrons. The average Bonchev–Trinajstić information content (AvgIpc) is 3.18. The maximum Gasteiger partial charge on any atom is 0.410 e. The van der Waals surface area contributed by atoms with E-state index in [-0.39, 0.29) is 18.7 Å². The average molecular weight is 406 g/mol. The Morgan fingerprint density at radius 2 is 1.89 bits per heavy atom. The number of allylic oxidation sites excluding steroid dienone is 5. The van der Waals surface area contributed by atoms with Gasteiger partial charge in [-0.15, -0.1) is 0 Å². The quantitative estimate of drug-likeness (QED) is 0.264. The number of nitrogens with one attached hydrogen (secondary N) is 1. The Labute approximate surface area is 173 Å². The van der Waals surface area contributed by atoms with E-state index in [1.54, 1.807) is 37.9 Å². The number of thiocarbonyl (C=S) groups is 1. The summed E-state index contributed by atoms with van der Waals surface area (Å²) in [5, 5.41) is 2.59. The van der Waals surface area contributed by atoms with Crippen LogP contribution in [0.2, 0.25) is 0 Å². The van der Waals surface area contributed by atoms with E-state index in [2.05, 4.69) is 11.9 Å². The zero-order valence-corrected chi connectivity index (χ0v) is 18.0. The molecule has 0 saturated heterocycles. The first-order valence-electron chi connectivity index (χ1n) is 9.33. The molecule has 0 unspecified atom stereocenters. The first-order chi connectivity index (χ1) is 13.2. The van der Waals surface area contributed by atoms with Crippen molar-refractivity contribution < 1.29 is 14.3 Å². The van der Waals surface area contributed by atoms with Crippen LogP contribution < -0.4 is 11.1 Å². The van der Waals surface area contributed by atoms with Crippen LogP contribution >= 0.6 is 12.2 Å². The van der Waals surface area contributed by atoms with Gasteiger partial charge in [0.05, 0.1) is 0 Å². The number of ether oxygens (including phenoxy) is 1. The zero-order valence-electron chi connectivity index (χ0n) is 17.2. The molecule has 28 heavy (non-hydrogen) atoms. The van der Waals surface area contributed by atoms with Crippen molar-refractivity contribution in [1.82, 2.24) is 10.2 Å². The van der Waals surface area contributed by atoms with Crippen molar-refractivity contribution in [3.8, 4) is 0 Å². The number of nitrogens with two attached hydrogens (primary N) is 1. The van der Waals surface area contributed by atoms with Gasteiger partial charge in [0.1, 0.15) is 6.61 Å². The summed E-state index contributed by atoms with van der Waals surface area (Å²) in [5.41, 5.74) is 9.17. The molecule has 1 aliphatic rings. The van der Waals surface area contributed by atoms with Gasteiger partial charge in [-0.05, 0) is 50.8 Å². The van der Waals surface area contributed by atoms with Crippen molar-refractivity contribution in [2.24, 2.45) is 5.73 Å². The van der Waals surface area contributed by atoms with Crippen LogP contribution in [0, 0.1) is 0 Å². The van der Waals surface area contributed by atoms with Gasteiger partial charge in [0.25, 0.3) is 0 Å². The molecule has 0 bridgehead atoms. The second-order valence-electron chi connectivity index (χ2n) is 7.07. The summed E-state index contributed by atoms with van der Waals surface area (Å²) in [4.78, 5) is 25.2. The van der Waals surface area contributed by atoms with Gasteiger partial charge >= 0.3 is 6.09 Å². The molecule has 1 saturated carbocycles. The van der Waals surface area contributed by atoms with E-state index in [1.165, 1.54) is 0 Å². The lowest BCUT2D eigenvalue weighted by Crippen LogP contribution is -2.36. The van der Waals surface area contributed by atoms with E-state index in [1.807, 2.05) is 6.92 Å². The topological polar surface area (TPSA) is 84.7 Å². The molecular formula is C21H31N3O3S. The Morgan fingerprint density at radius 3 is 2.39 bits per heavy atom. The van der Waals surface area contributed by atoms with Crippen LogP contribution in [0.4, 0.5) is 4.79 Å². The Kier molecular flexibility index (Phi) is 9.65. The van der Waals surface area contributed by atoms with Gasteiger partial charge < -0.3 is 20.7 Å². The van der Waals surface area contributed by atoms with Crippen molar-refractivity contribution in [1.29, 1.82) is 0 Å². The molecule has 1 fully saturated rings. The van der Waals surface area contributed by atoms with Gasteiger partial charge in [-0.1, -0.05) is 37.7 Å². The predicted molar refractivity (Wildman–Crippen MR) is 117 cm³/mol. The number of nitrogens with zero attached hydrogens (tertiary/aromatic N) is 1. The summed E-state index contributed by atoms with van der Waals surface area (Å²) in [6.45, 7) is 9.19. The Bertz CT molecular complexity index is 712. The molecule has 1 aliphatic carbocycles. The lowest BCUT2D eigenvalue weighted by atomic mass is 10.0. The van der Waals surface area contributed by atoms with Gasteiger partial charge in [0, 0.05) is 34.9 Å².